The first kappa shape index (κ1) is 11.4. The average molecular weight is 268 g/mol. The van der Waals surface area contributed by atoms with Gasteiger partial charge in [-0.05, 0) is 12.5 Å². The molecule has 0 radical (unpaired) electrons. The average Bonchev–Trinajstić information content (AvgIpc) is 3.12. The van der Waals surface area contributed by atoms with Crippen molar-refractivity contribution in [3.8, 4) is 0 Å². The molecule has 1 aliphatic heterocycles. The van der Waals surface area contributed by atoms with E-state index in [0.717, 1.165) is 12.7 Å². The molecular weight excluding hydrogens is 256 g/mol. The molecular formula is C10H12N4O3S. The van der Waals surface area contributed by atoms with E-state index in [4.69, 9.17) is 0 Å². The minimum atomic E-state index is -3.48. The summed E-state index contributed by atoms with van der Waals surface area (Å²) in [7, 11) is -3.48. The van der Waals surface area contributed by atoms with Crippen LogP contribution in [0.2, 0.25) is 0 Å². The predicted molar refractivity (Wildman–Crippen MR) is 61.1 cm³/mol. The summed E-state index contributed by atoms with van der Waals surface area (Å²) in [5, 5.41) is 7.57. The van der Waals surface area contributed by atoms with E-state index in [-0.39, 0.29) is 10.9 Å². The van der Waals surface area contributed by atoms with Gasteiger partial charge in [0.1, 0.15) is 11.2 Å². The lowest BCUT2D eigenvalue weighted by molar-refractivity contribution is 0.415. The Morgan fingerprint density at radius 2 is 2.33 bits per heavy atom. The summed E-state index contributed by atoms with van der Waals surface area (Å²) in [6.45, 7) is 0.910. The molecule has 3 rings (SSSR count). The van der Waals surface area contributed by atoms with Crippen LogP contribution in [-0.2, 0) is 10.0 Å². The molecule has 1 atom stereocenters. The Balaban J connectivity index is 1.80. The van der Waals surface area contributed by atoms with Crippen molar-refractivity contribution in [3.63, 3.8) is 0 Å². The number of aromatic nitrogens is 3. The van der Waals surface area contributed by atoms with Gasteiger partial charge in [-0.15, -0.1) is 0 Å². The highest BCUT2D eigenvalue weighted by Crippen LogP contribution is 2.26. The zero-order chi connectivity index (χ0) is 12.6. The van der Waals surface area contributed by atoms with E-state index in [1.165, 1.54) is 10.5 Å². The summed E-state index contributed by atoms with van der Waals surface area (Å²) < 4.78 is 32.2. The number of hydrogen-bond donors (Lipinski definition) is 0. The van der Waals surface area contributed by atoms with Crippen LogP contribution in [0.3, 0.4) is 0 Å². The molecule has 96 valence electrons. The van der Waals surface area contributed by atoms with Crippen LogP contribution in [0.1, 0.15) is 12.5 Å². The van der Waals surface area contributed by atoms with Gasteiger partial charge in [-0.3, -0.25) is 4.68 Å². The van der Waals surface area contributed by atoms with Crippen molar-refractivity contribution < 1.29 is 12.9 Å². The van der Waals surface area contributed by atoms with Crippen molar-refractivity contribution in [3.05, 3.63) is 30.9 Å². The summed E-state index contributed by atoms with van der Waals surface area (Å²) in [6.07, 6.45) is 6.66. The molecule has 0 N–H and O–H groups in total. The Labute approximate surface area is 104 Å². The number of nitrogens with zero attached hydrogens (tertiary/aromatic N) is 4. The summed E-state index contributed by atoms with van der Waals surface area (Å²) in [4.78, 5) is 0.101. The summed E-state index contributed by atoms with van der Waals surface area (Å²) in [5.41, 5.74) is 0. The van der Waals surface area contributed by atoms with Crippen molar-refractivity contribution in [1.29, 1.82) is 0 Å². The number of sulfonamides is 1. The lowest BCUT2D eigenvalue weighted by Gasteiger charge is -2.15. The maximum atomic E-state index is 12.2. The van der Waals surface area contributed by atoms with Crippen LogP contribution in [0.15, 0.2) is 40.3 Å². The normalized spacial score (nSPS) is 21.4. The fraction of sp³-hybridized carbons (Fsp3) is 0.400. The summed E-state index contributed by atoms with van der Waals surface area (Å²) >= 11 is 0. The van der Waals surface area contributed by atoms with Crippen LogP contribution >= 0.6 is 0 Å². The van der Waals surface area contributed by atoms with Crippen LogP contribution < -0.4 is 0 Å². The van der Waals surface area contributed by atoms with Gasteiger partial charge >= 0.3 is 0 Å². The van der Waals surface area contributed by atoms with Crippen LogP contribution in [0.5, 0.6) is 0 Å². The SMILES string of the molecule is O=S(=O)(c1cnoc1)N1CCC(n2cccn2)C1. The van der Waals surface area contributed by atoms with Gasteiger partial charge in [0.25, 0.3) is 0 Å². The largest absolute Gasteiger partial charge is 0.363 e. The second-order valence-electron chi connectivity index (χ2n) is 4.15. The van der Waals surface area contributed by atoms with E-state index in [2.05, 4.69) is 14.8 Å². The topological polar surface area (TPSA) is 81.2 Å². The van der Waals surface area contributed by atoms with Crippen LogP contribution in [-0.4, -0.2) is 40.7 Å². The van der Waals surface area contributed by atoms with Crippen molar-refractivity contribution >= 4 is 10.0 Å². The fourth-order valence-corrected chi connectivity index (χ4v) is 3.47. The molecule has 1 fully saturated rings. The Bertz CT molecular complexity index is 606. The van der Waals surface area contributed by atoms with E-state index in [9.17, 15) is 8.42 Å². The quantitative estimate of drug-likeness (QED) is 0.810. The monoisotopic (exact) mass is 268 g/mol. The Morgan fingerprint density at radius 3 is 3.00 bits per heavy atom. The van der Waals surface area contributed by atoms with Crippen molar-refractivity contribution in [1.82, 2.24) is 19.2 Å². The molecule has 7 nitrogen and oxygen atoms in total. The van der Waals surface area contributed by atoms with Gasteiger partial charge in [-0.2, -0.15) is 9.40 Å². The standard InChI is InChI=1S/C10H12N4O3S/c15-18(16,10-6-12-17-8-10)13-5-2-9(7-13)14-4-1-3-11-14/h1,3-4,6,8-9H,2,5,7H2. The van der Waals surface area contributed by atoms with Gasteiger partial charge in [-0.25, -0.2) is 8.42 Å². The first-order valence-corrected chi connectivity index (χ1v) is 7.00. The van der Waals surface area contributed by atoms with Crippen molar-refractivity contribution in [2.24, 2.45) is 0 Å². The third-order valence-electron chi connectivity index (χ3n) is 3.07. The zero-order valence-corrected chi connectivity index (χ0v) is 10.3. The van der Waals surface area contributed by atoms with E-state index >= 15 is 0 Å². The maximum Gasteiger partial charge on any atom is 0.247 e. The lowest BCUT2D eigenvalue weighted by Crippen LogP contribution is -2.29. The van der Waals surface area contributed by atoms with Gasteiger partial charge in [0.15, 0.2) is 0 Å². The van der Waals surface area contributed by atoms with Crippen LogP contribution in [0.4, 0.5) is 0 Å². The molecule has 0 amide bonds. The van der Waals surface area contributed by atoms with E-state index in [1.807, 2.05) is 12.3 Å². The highest BCUT2D eigenvalue weighted by atomic mass is 32.2. The smallest absolute Gasteiger partial charge is 0.247 e. The van der Waals surface area contributed by atoms with Crippen molar-refractivity contribution in [2.75, 3.05) is 13.1 Å². The molecule has 0 spiro atoms. The van der Waals surface area contributed by atoms with E-state index in [0.29, 0.717) is 13.1 Å². The molecule has 0 aliphatic carbocycles. The molecule has 8 heteroatoms. The molecule has 1 aliphatic rings. The van der Waals surface area contributed by atoms with Gasteiger partial charge in [-0.1, -0.05) is 5.16 Å². The molecule has 3 heterocycles. The predicted octanol–water partition coefficient (Wildman–Crippen LogP) is 0.507. The third-order valence-corrected chi connectivity index (χ3v) is 4.88. The van der Waals surface area contributed by atoms with Crippen LogP contribution in [0.25, 0.3) is 0 Å². The highest BCUT2D eigenvalue weighted by Gasteiger charge is 2.34. The minimum absolute atomic E-state index is 0.0923. The maximum absolute atomic E-state index is 12.2. The molecule has 18 heavy (non-hydrogen) atoms. The molecule has 1 saturated heterocycles. The van der Waals surface area contributed by atoms with Gasteiger partial charge < -0.3 is 4.52 Å². The fourth-order valence-electron chi connectivity index (χ4n) is 2.11. The highest BCUT2D eigenvalue weighted by molar-refractivity contribution is 7.89. The zero-order valence-electron chi connectivity index (χ0n) is 9.51. The molecule has 0 bridgehead atoms. The van der Waals surface area contributed by atoms with Gasteiger partial charge in [0.05, 0.1) is 12.2 Å². The van der Waals surface area contributed by atoms with Gasteiger partial charge in [0.2, 0.25) is 10.0 Å². The van der Waals surface area contributed by atoms with Crippen LogP contribution in [0, 0.1) is 0 Å². The summed E-state index contributed by atoms with van der Waals surface area (Å²) in [5.74, 6) is 0. The molecule has 0 saturated carbocycles. The van der Waals surface area contributed by atoms with E-state index < -0.39 is 10.0 Å². The number of hydrogen-bond acceptors (Lipinski definition) is 5. The minimum Gasteiger partial charge on any atom is -0.363 e. The van der Waals surface area contributed by atoms with Gasteiger partial charge in [0, 0.05) is 25.5 Å². The van der Waals surface area contributed by atoms with Crippen molar-refractivity contribution in [2.45, 2.75) is 17.4 Å². The lowest BCUT2D eigenvalue weighted by atomic mass is 10.3. The first-order chi connectivity index (χ1) is 8.68. The Kier molecular flexibility index (Phi) is 2.67. The second kappa shape index (κ2) is 4.21. The second-order valence-corrected chi connectivity index (χ2v) is 6.09. The Morgan fingerprint density at radius 1 is 1.44 bits per heavy atom. The molecule has 1 unspecified atom stereocenters. The van der Waals surface area contributed by atoms with E-state index in [1.54, 1.807) is 10.9 Å². The molecule has 0 aromatic carbocycles. The number of rotatable bonds is 3. The Hall–Kier alpha value is -1.67. The molecule has 2 aromatic rings. The summed E-state index contributed by atoms with van der Waals surface area (Å²) in [6, 6.07) is 1.92. The third kappa shape index (κ3) is 1.83. The molecule has 2 aromatic heterocycles. The first-order valence-electron chi connectivity index (χ1n) is 5.56.